The highest BCUT2D eigenvalue weighted by atomic mass is 16.5. The Kier molecular flexibility index (Phi) is 4.94. The Balaban J connectivity index is 1.83. The van der Waals surface area contributed by atoms with Crippen molar-refractivity contribution < 1.29 is 23.3 Å². The first-order valence-electron chi connectivity index (χ1n) is 9.42. The molecular formula is C22H20N4O5. The Morgan fingerprint density at radius 3 is 2.55 bits per heavy atom. The second-order valence-electron chi connectivity index (χ2n) is 7.06. The Labute approximate surface area is 177 Å². The zero-order chi connectivity index (χ0) is 22.3. The lowest BCUT2D eigenvalue weighted by Crippen LogP contribution is -2.16. The summed E-state index contributed by atoms with van der Waals surface area (Å²) in [5, 5.41) is 7.23. The van der Waals surface area contributed by atoms with E-state index in [4.69, 9.17) is 19.4 Å². The number of pyridine rings is 1. The van der Waals surface area contributed by atoms with E-state index < -0.39 is 11.8 Å². The third-order valence-electron chi connectivity index (χ3n) is 4.91. The molecule has 0 aliphatic carbocycles. The smallest absolute Gasteiger partial charge is 0.259 e. The van der Waals surface area contributed by atoms with Crippen LogP contribution in [0.3, 0.4) is 0 Å². The SMILES string of the molecule is COc1ccc(C(N)=O)cc1NC(=O)c1cc(-c2cc(C)oc2C)nc2onc(C)c12. The molecule has 4 aromatic rings. The minimum atomic E-state index is -0.618. The number of nitrogens with two attached hydrogens (primary N) is 1. The standard InChI is InChI=1S/C22H20N4O5/c1-10-7-14(12(3)30-10)16-9-15(19-11(2)26-31-22(19)25-16)21(28)24-17-8-13(20(23)27)5-6-18(17)29-4/h5-9H,1-4H3,(H2,23,27)(H,24,28). The van der Waals surface area contributed by atoms with Crippen molar-refractivity contribution >= 4 is 28.6 Å². The molecule has 3 N–H and O–H groups in total. The number of anilines is 1. The molecular weight excluding hydrogens is 400 g/mol. The van der Waals surface area contributed by atoms with Crippen LogP contribution in [0.5, 0.6) is 5.75 Å². The van der Waals surface area contributed by atoms with Gasteiger partial charge in [-0.1, -0.05) is 5.16 Å². The van der Waals surface area contributed by atoms with Gasteiger partial charge in [-0.3, -0.25) is 9.59 Å². The molecule has 31 heavy (non-hydrogen) atoms. The van der Waals surface area contributed by atoms with E-state index in [1.54, 1.807) is 19.1 Å². The average molecular weight is 420 g/mol. The van der Waals surface area contributed by atoms with E-state index >= 15 is 0 Å². The summed E-state index contributed by atoms with van der Waals surface area (Å²) < 4.78 is 16.2. The summed E-state index contributed by atoms with van der Waals surface area (Å²) in [5.74, 6) is 0.710. The van der Waals surface area contributed by atoms with Gasteiger partial charge in [-0.05, 0) is 51.1 Å². The van der Waals surface area contributed by atoms with Gasteiger partial charge in [0, 0.05) is 11.1 Å². The first-order valence-corrected chi connectivity index (χ1v) is 9.42. The molecule has 2 amide bonds. The number of hydrogen-bond acceptors (Lipinski definition) is 7. The molecule has 3 aromatic heterocycles. The van der Waals surface area contributed by atoms with E-state index in [2.05, 4.69) is 15.5 Å². The summed E-state index contributed by atoms with van der Waals surface area (Å²) >= 11 is 0. The summed E-state index contributed by atoms with van der Waals surface area (Å²) in [6, 6.07) is 8.04. The van der Waals surface area contributed by atoms with Crippen molar-refractivity contribution in [1.29, 1.82) is 0 Å². The number of amides is 2. The summed E-state index contributed by atoms with van der Waals surface area (Å²) in [6.45, 7) is 5.38. The third-order valence-corrected chi connectivity index (χ3v) is 4.91. The quantitative estimate of drug-likeness (QED) is 0.502. The van der Waals surface area contributed by atoms with Gasteiger partial charge in [-0.15, -0.1) is 0 Å². The van der Waals surface area contributed by atoms with E-state index in [-0.39, 0.29) is 11.3 Å². The zero-order valence-corrected chi connectivity index (χ0v) is 17.4. The fourth-order valence-electron chi connectivity index (χ4n) is 3.45. The van der Waals surface area contributed by atoms with Gasteiger partial charge in [0.15, 0.2) is 0 Å². The summed E-state index contributed by atoms with van der Waals surface area (Å²) in [6.07, 6.45) is 0. The Morgan fingerprint density at radius 2 is 1.90 bits per heavy atom. The van der Waals surface area contributed by atoms with Crippen LogP contribution in [-0.2, 0) is 0 Å². The Morgan fingerprint density at radius 1 is 1.13 bits per heavy atom. The molecule has 0 spiro atoms. The van der Waals surface area contributed by atoms with Gasteiger partial charge in [0.2, 0.25) is 5.91 Å². The number of aryl methyl sites for hydroxylation is 3. The molecule has 3 heterocycles. The normalized spacial score (nSPS) is 11.0. The number of furan rings is 1. The topological polar surface area (TPSA) is 133 Å². The fourth-order valence-corrected chi connectivity index (χ4v) is 3.45. The van der Waals surface area contributed by atoms with Crippen LogP contribution in [0.2, 0.25) is 0 Å². The summed E-state index contributed by atoms with van der Waals surface area (Å²) in [7, 11) is 1.46. The van der Waals surface area contributed by atoms with Gasteiger partial charge in [0.05, 0.1) is 35.1 Å². The van der Waals surface area contributed by atoms with Crippen LogP contribution in [0.1, 0.15) is 37.9 Å². The number of primary amides is 1. The molecule has 0 atom stereocenters. The van der Waals surface area contributed by atoms with Crippen LogP contribution < -0.4 is 15.8 Å². The van der Waals surface area contributed by atoms with Crippen LogP contribution in [-0.4, -0.2) is 29.1 Å². The molecule has 0 radical (unpaired) electrons. The number of fused-ring (bicyclic) bond motifs is 1. The largest absolute Gasteiger partial charge is 0.495 e. The van der Waals surface area contributed by atoms with Gasteiger partial charge >= 0.3 is 0 Å². The number of carbonyl (C=O) groups excluding carboxylic acids is 2. The minimum absolute atomic E-state index is 0.233. The number of methoxy groups -OCH3 is 1. The van der Waals surface area contributed by atoms with Gasteiger partial charge in [0.25, 0.3) is 11.6 Å². The van der Waals surface area contributed by atoms with Crippen molar-refractivity contribution in [3.8, 4) is 17.0 Å². The predicted molar refractivity (Wildman–Crippen MR) is 113 cm³/mol. The number of ether oxygens (including phenoxy) is 1. The van der Waals surface area contributed by atoms with Crippen molar-refractivity contribution in [3.05, 3.63) is 58.7 Å². The molecule has 1 aromatic carbocycles. The van der Waals surface area contributed by atoms with Crippen LogP contribution in [0.25, 0.3) is 22.4 Å². The van der Waals surface area contributed by atoms with E-state index in [0.717, 1.165) is 11.3 Å². The van der Waals surface area contributed by atoms with Crippen LogP contribution >= 0.6 is 0 Å². The molecule has 0 unspecified atom stereocenters. The second kappa shape index (κ2) is 7.60. The van der Waals surface area contributed by atoms with Crippen molar-refractivity contribution in [2.75, 3.05) is 12.4 Å². The van der Waals surface area contributed by atoms with E-state index in [9.17, 15) is 9.59 Å². The first kappa shape index (κ1) is 20.1. The monoisotopic (exact) mass is 420 g/mol. The maximum Gasteiger partial charge on any atom is 0.259 e. The van der Waals surface area contributed by atoms with Crippen molar-refractivity contribution in [2.45, 2.75) is 20.8 Å². The third kappa shape index (κ3) is 3.61. The van der Waals surface area contributed by atoms with Gasteiger partial charge in [-0.2, -0.15) is 0 Å². The lowest BCUT2D eigenvalue weighted by atomic mass is 10.0. The first-order chi connectivity index (χ1) is 14.8. The molecule has 0 aliphatic heterocycles. The Bertz CT molecular complexity index is 1340. The van der Waals surface area contributed by atoms with Crippen molar-refractivity contribution in [2.24, 2.45) is 5.73 Å². The van der Waals surface area contributed by atoms with Crippen LogP contribution in [0, 0.1) is 20.8 Å². The molecule has 0 bridgehead atoms. The molecule has 9 heteroatoms. The van der Waals surface area contributed by atoms with Crippen molar-refractivity contribution in [3.63, 3.8) is 0 Å². The average Bonchev–Trinajstić information content (AvgIpc) is 3.28. The molecule has 0 fully saturated rings. The maximum atomic E-state index is 13.3. The van der Waals surface area contributed by atoms with E-state index in [0.29, 0.717) is 39.5 Å². The second-order valence-corrected chi connectivity index (χ2v) is 7.06. The number of hydrogen-bond donors (Lipinski definition) is 2. The minimum Gasteiger partial charge on any atom is -0.495 e. The lowest BCUT2D eigenvalue weighted by Gasteiger charge is -2.12. The summed E-state index contributed by atoms with van der Waals surface area (Å²) in [5.41, 5.74) is 8.24. The molecule has 4 rings (SSSR count). The number of benzene rings is 1. The predicted octanol–water partition coefficient (Wildman–Crippen LogP) is 3.77. The zero-order valence-electron chi connectivity index (χ0n) is 17.4. The molecule has 9 nitrogen and oxygen atoms in total. The fraction of sp³-hybridized carbons (Fsp3) is 0.182. The highest BCUT2D eigenvalue weighted by Gasteiger charge is 2.22. The highest BCUT2D eigenvalue weighted by Crippen LogP contribution is 2.32. The van der Waals surface area contributed by atoms with E-state index in [1.807, 2.05) is 19.9 Å². The Hall–Kier alpha value is -4.14. The number of carbonyl (C=O) groups is 2. The lowest BCUT2D eigenvalue weighted by molar-refractivity contribution is 0.0996. The molecule has 0 aliphatic rings. The maximum absolute atomic E-state index is 13.3. The van der Waals surface area contributed by atoms with Crippen LogP contribution in [0.4, 0.5) is 5.69 Å². The highest BCUT2D eigenvalue weighted by molar-refractivity contribution is 6.13. The molecule has 0 saturated carbocycles. The van der Waals surface area contributed by atoms with Gasteiger partial charge in [-0.25, -0.2) is 4.98 Å². The number of nitrogens with one attached hydrogen (secondary N) is 1. The molecule has 158 valence electrons. The van der Waals surface area contributed by atoms with Gasteiger partial charge in [0.1, 0.15) is 17.3 Å². The summed E-state index contributed by atoms with van der Waals surface area (Å²) in [4.78, 5) is 29.4. The van der Waals surface area contributed by atoms with Crippen LogP contribution in [0.15, 0.2) is 39.3 Å². The number of aromatic nitrogens is 2. The number of nitrogens with zero attached hydrogens (tertiary/aromatic N) is 2. The number of rotatable bonds is 5. The van der Waals surface area contributed by atoms with Gasteiger partial charge < -0.3 is 24.7 Å². The molecule has 0 saturated heterocycles. The van der Waals surface area contributed by atoms with Crippen molar-refractivity contribution in [1.82, 2.24) is 10.1 Å². The van der Waals surface area contributed by atoms with E-state index in [1.165, 1.54) is 19.2 Å².